The molecule has 0 aromatic heterocycles. The van der Waals surface area contributed by atoms with E-state index in [2.05, 4.69) is 21.4 Å². The second-order valence-corrected chi connectivity index (χ2v) is 8.33. The number of anilines is 1. The van der Waals surface area contributed by atoms with Gasteiger partial charge in [0.25, 0.3) is 5.91 Å². The standard InChI is InChI=1S/C24H28FN5O3/c1-33-22-5-3-2-4-16(22)15-29-12-10-18(11-13-29)27-24(32)20-14-21(23(26)31)30(28-20)19-8-6-17(25)7-9-19/h2-9,18,21H,10-15H2,1H3,(H2,26,31)(H,27,32). The SMILES string of the molecule is COc1ccccc1CN1CCC(NC(=O)C2=NN(c3ccc(F)cc3)C(C(N)=O)C2)CC1. The van der Waals surface area contributed by atoms with Crippen molar-refractivity contribution in [3.05, 3.63) is 59.9 Å². The average molecular weight is 454 g/mol. The van der Waals surface area contributed by atoms with Crippen LogP contribution in [0.4, 0.5) is 10.1 Å². The van der Waals surface area contributed by atoms with Crippen LogP contribution in [0.25, 0.3) is 0 Å². The Morgan fingerprint density at radius 2 is 1.85 bits per heavy atom. The molecule has 9 heteroatoms. The molecule has 8 nitrogen and oxygen atoms in total. The van der Waals surface area contributed by atoms with Crippen LogP contribution in [-0.2, 0) is 16.1 Å². The number of hydrazone groups is 1. The van der Waals surface area contributed by atoms with Crippen LogP contribution in [0.3, 0.4) is 0 Å². The number of ether oxygens (including phenoxy) is 1. The topological polar surface area (TPSA) is 100 Å². The minimum absolute atomic E-state index is 0.0287. The lowest BCUT2D eigenvalue weighted by molar-refractivity contribution is -0.119. The van der Waals surface area contributed by atoms with E-state index in [1.165, 1.54) is 29.3 Å². The van der Waals surface area contributed by atoms with Crippen LogP contribution >= 0.6 is 0 Å². The molecule has 0 spiro atoms. The van der Waals surface area contributed by atoms with Crippen molar-refractivity contribution in [3.63, 3.8) is 0 Å². The lowest BCUT2D eigenvalue weighted by Crippen LogP contribution is -2.46. The third-order valence-corrected chi connectivity index (χ3v) is 6.10. The third-order valence-electron chi connectivity index (χ3n) is 6.10. The van der Waals surface area contributed by atoms with Crippen molar-refractivity contribution in [2.24, 2.45) is 10.8 Å². The fraction of sp³-hybridized carbons (Fsp3) is 0.375. The van der Waals surface area contributed by atoms with E-state index in [0.717, 1.165) is 43.8 Å². The highest BCUT2D eigenvalue weighted by Crippen LogP contribution is 2.25. The molecule has 0 bridgehead atoms. The normalized spacial score (nSPS) is 19.3. The lowest BCUT2D eigenvalue weighted by atomic mass is 10.0. The van der Waals surface area contributed by atoms with E-state index in [0.29, 0.717) is 5.69 Å². The number of piperidine rings is 1. The van der Waals surface area contributed by atoms with Crippen molar-refractivity contribution >= 4 is 23.2 Å². The molecule has 33 heavy (non-hydrogen) atoms. The minimum Gasteiger partial charge on any atom is -0.496 e. The van der Waals surface area contributed by atoms with Crippen LogP contribution in [0.5, 0.6) is 5.75 Å². The van der Waals surface area contributed by atoms with Gasteiger partial charge in [-0.05, 0) is 43.2 Å². The van der Waals surface area contributed by atoms with E-state index >= 15 is 0 Å². The molecule has 2 aromatic carbocycles. The summed E-state index contributed by atoms with van der Waals surface area (Å²) in [7, 11) is 1.67. The Labute approximate surface area is 192 Å². The maximum absolute atomic E-state index is 13.3. The maximum atomic E-state index is 13.3. The van der Waals surface area contributed by atoms with Gasteiger partial charge in [-0.15, -0.1) is 0 Å². The molecule has 2 heterocycles. The van der Waals surface area contributed by atoms with Crippen LogP contribution in [0.2, 0.25) is 0 Å². The van der Waals surface area contributed by atoms with Crippen LogP contribution in [0, 0.1) is 5.82 Å². The van der Waals surface area contributed by atoms with E-state index in [-0.39, 0.29) is 24.1 Å². The fourth-order valence-corrected chi connectivity index (χ4v) is 4.28. The molecule has 2 aliphatic rings. The first-order chi connectivity index (χ1) is 15.9. The number of para-hydroxylation sites is 1. The molecule has 2 amide bonds. The molecular formula is C24H28FN5O3. The Morgan fingerprint density at radius 3 is 2.52 bits per heavy atom. The van der Waals surface area contributed by atoms with Gasteiger partial charge in [0.05, 0.1) is 12.8 Å². The number of rotatable bonds is 7. The second-order valence-electron chi connectivity index (χ2n) is 8.33. The predicted molar refractivity (Wildman–Crippen MR) is 123 cm³/mol. The highest BCUT2D eigenvalue weighted by molar-refractivity contribution is 6.40. The number of carbonyl (C=O) groups is 2. The highest BCUT2D eigenvalue weighted by atomic mass is 19.1. The molecule has 3 N–H and O–H groups in total. The molecule has 1 unspecified atom stereocenters. The first-order valence-electron chi connectivity index (χ1n) is 11.0. The Kier molecular flexibility index (Phi) is 6.88. The highest BCUT2D eigenvalue weighted by Gasteiger charge is 2.35. The summed E-state index contributed by atoms with van der Waals surface area (Å²) in [4.78, 5) is 27.1. The molecule has 0 saturated carbocycles. The van der Waals surface area contributed by atoms with E-state index in [9.17, 15) is 14.0 Å². The van der Waals surface area contributed by atoms with Gasteiger partial charge in [0.2, 0.25) is 5.91 Å². The smallest absolute Gasteiger partial charge is 0.267 e. The molecule has 174 valence electrons. The molecule has 1 fully saturated rings. The number of hydrogen-bond acceptors (Lipinski definition) is 6. The minimum atomic E-state index is -0.779. The summed E-state index contributed by atoms with van der Waals surface area (Å²) in [6.07, 6.45) is 1.75. The first-order valence-corrected chi connectivity index (χ1v) is 11.0. The fourth-order valence-electron chi connectivity index (χ4n) is 4.28. The van der Waals surface area contributed by atoms with Gasteiger partial charge in [0.15, 0.2) is 0 Å². The van der Waals surface area contributed by atoms with Crippen molar-refractivity contribution in [3.8, 4) is 5.75 Å². The number of nitrogens with two attached hydrogens (primary N) is 1. The van der Waals surface area contributed by atoms with Gasteiger partial charge in [0.1, 0.15) is 23.3 Å². The Balaban J connectivity index is 1.34. The Bertz CT molecular complexity index is 1030. The van der Waals surface area contributed by atoms with Crippen LogP contribution in [0.1, 0.15) is 24.8 Å². The van der Waals surface area contributed by atoms with Gasteiger partial charge in [-0.3, -0.25) is 19.5 Å². The summed E-state index contributed by atoms with van der Waals surface area (Å²) in [5, 5.41) is 8.78. The zero-order valence-corrected chi connectivity index (χ0v) is 18.5. The number of halogens is 1. The lowest BCUT2D eigenvalue weighted by Gasteiger charge is -2.32. The Morgan fingerprint density at radius 1 is 1.15 bits per heavy atom. The summed E-state index contributed by atoms with van der Waals surface area (Å²) in [5.74, 6) is -0.404. The number of likely N-dealkylation sites (tertiary alicyclic amines) is 1. The average Bonchev–Trinajstić information content (AvgIpc) is 3.27. The maximum Gasteiger partial charge on any atom is 0.267 e. The molecular weight excluding hydrogens is 425 g/mol. The zero-order valence-electron chi connectivity index (χ0n) is 18.5. The first kappa shape index (κ1) is 22.7. The number of methoxy groups -OCH3 is 1. The summed E-state index contributed by atoms with van der Waals surface area (Å²) in [5.41, 5.74) is 7.42. The van der Waals surface area contributed by atoms with E-state index in [1.54, 1.807) is 7.11 Å². The number of amides is 2. The summed E-state index contributed by atoms with van der Waals surface area (Å²) in [6.45, 7) is 2.49. The number of hydrogen-bond donors (Lipinski definition) is 2. The number of carbonyl (C=O) groups excluding carboxylic acids is 2. The van der Waals surface area contributed by atoms with Gasteiger partial charge in [0, 0.05) is 37.7 Å². The molecule has 2 aromatic rings. The largest absolute Gasteiger partial charge is 0.496 e. The van der Waals surface area contributed by atoms with E-state index in [1.807, 2.05) is 18.2 Å². The predicted octanol–water partition coefficient (Wildman–Crippen LogP) is 2.04. The zero-order chi connectivity index (χ0) is 23.4. The second kappa shape index (κ2) is 9.99. The van der Waals surface area contributed by atoms with Crippen molar-refractivity contribution in [1.82, 2.24) is 10.2 Å². The molecule has 1 saturated heterocycles. The number of benzene rings is 2. The van der Waals surface area contributed by atoms with Crippen molar-refractivity contribution in [1.29, 1.82) is 0 Å². The van der Waals surface area contributed by atoms with Crippen molar-refractivity contribution in [2.45, 2.75) is 37.9 Å². The summed E-state index contributed by atoms with van der Waals surface area (Å²) < 4.78 is 18.7. The van der Waals surface area contributed by atoms with Gasteiger partial charge in [-0.1, -0.05) is 18.2 Å². The molecule has 0 radical (unpaired) electrons. The number of primary amides is 1. The summed E-state index contributed by atoms with van der Waals surface area (Å²) >= 11 is 0. The van der Waals surface area contributed by atoms with Gasteiger partial charge in [-0.2, -0.15) is 5.10 Å². The molecule has 2 aliphatic heterocycles. The number of nitrogens with zero attached hydrogens (tertiary/aromatic N) is 3. The molecule has 0 aliphatic carbocycles. The van der Waals surface area contributed by atoms with Crippen LogP contribution < -0.4 is 20.8 Å². The summed E-state index contributed by atoms with van der Waals surface area (Å²) in [6, 6.07) is 12.8. The monoisotopic (exact) mass is 453 g/mol. The number of nitrogens with one attached hydrogen (secondary N) is 1. The van der Waals surface area contributed by atoms with Gasteiger partial charge in [-0.25, -0.2) is 4.39 Å². The molecule has 4 rings (SSSR count). The van der Waals surface area contributed by atoms with Gasteiger partial charge >= 0.3 is 0 Å². The molecule has 1 atom stereocenters. The van der Waals surface area contributed by atoms with Gasteiger partial charge < -0.3 is 15.8 Å². The quantitative estimate of drug-likeness (QED) is 0.668. The third kappa shape index (κ3) is 5.31. The van der Waals surface area contributed by atoms with Crippen LogP contribution in [0.15, 0.2) is 53.6 Å². The van der Waals surface area contributed by atoms with Crippen molar-refractivity contribution < 1.29 is 18.7 Å². The Hall–Kier alpha value is -3.46. The van der Waals surface area contributed by atoms with Crippen molar-refractivity contribution in [2.75, 3.05) is 25.2 Å². The van der Waals surface area contributed by atoms with E-state index in [4.69, 9.17) is 10.5 Å². The van der Waals surface area contributed by atoms with E-state index < -0.39 is 17.8 Å². The van der Waals surface area contributed by atoms with Crippen LogP contribution in [-0.4, -0.2) is 54.7 Å².